The Morgan fingerprint density at radius 2 is 2.17 bits per heavy atom. The van der Waals surface area contributed by atoms with E-state index in [2.05, 4.69) is 10.8 Å². The van der Waals surface area contributed by atoms with Crippen LogP contribution in [0.3, 0.4) is 0 Å². The van der Waals surface area contributed by atoms with Gasteiger partial charge in [-0.05, 0) is 0 Å². The quantitative estimate of drug-likeness (QED) is 0.217. The first-order valence-corrected chi connectivity index (χ1v) is 0.783. The maximum absolute atomic E-state index is 8.83. The molecule has 0 rings (SSSR count). The van der Waals surface area contributed by atoms with Gasteiger partial charge in [-0.25, -0.2) is 4.94 Å². The molecule has 0 saturated carbocycles. The zero-order chi connectivity index (χ0) is 4.28. The van der Waals surface area contributed by atoms with Crippen molar-refractivity contribution in [2.24, 2.45) is 5.90 Å². The zero-order valence-electron chi connectivity index (χ0n) is 4.25. The Morgan fingerprint density at radius 1 is 2.00 bits per heavy atom. The Kier molecular flexibility index (Phi) is 9.59. The van der Waals surface area contributed by atoms with E-state index in [4.69, 9.17) is 10.1 Å². The second-order valence-electron chi connectivity index (χ2n) is 0.329. The summed E-state index contributed by atoms with van der Waals surface area (Å²) in [5.41, 5.74) is 0. The van der Waals surface area contributed by atoms with Crippen LogP contribution in [0.15, 0.2) is 0 Å². The number of hydrogen-bond acceptors (Lipinski definition) is 4. The molecule has 0 aliphatic rings. The smallest absolute Gasteiger partial charge is 1.00 e. The molecule has 6 heteroatoms. The third-order valence-electron chi connectivity index (χ3n) is 0.0861. The van der Waals surface area contributed by atoms with Crippen LogP contribution in [-0.2, 0) is 4.94 Å². The van der Waals surface area contributed by atoms with E-state index in [0.717, 1.165) is 0 Å². The summed E-state index contributed by atoms with van der Waals surface area (Å²) in [6.07, 6.45) is 0. The molecule has 0 atom stereocenters. The fourth-order valence-electron chi connectivity index (χ4n) is 0. The van der Waals surface area contributed by atoms with E-state index in [0.29, 0.717) is 0 Å². The van der Waals surface area contributed by atoms with Crippen LogP contribution in [0.1, 0.15) is 1.43 Å². The van der Waals surface area contributed by atoms with E-state index in [1.54, 1.807) is 0 Å². The molecule has 0 aromatic heterocycles. The van der Waals surface area contributed by atoms with Crippen molar-refractivity contribution in [2.45, 2.75) is 0 Å². The standard InChI is InChI=1S/K.H2N2O3.H/c;1-5-2(3)4;/h;1H2;/q+1;;-1. The molecule has 5 nitrogen and oxygen atoms in total. The van der Waals surface area contributed by atoms with E-state index in [1.165, 1.54) is 0 Å². The van der Waals surface area contributed by atoms with Gasteiger partial charge in [-0.1, -0.05) is 0 Å². The molecular weight excluding hydrogens is 115 g/mol. The summed E-state index contributed by atoms with van der Waals surface area (Å²) in [5, 5.41) is 7.73. The number of nitrogens with zero attached hydrogens (tertiary/aromatic N) is 1. The van der Waals surface area contributed by atoms with Crippen LogP contribution in [0.2, 0.25) is 0 Å². The van der Waals surface area contributed by atoms with Gasteiger partial charge in [0.15, 0.2) is 0 Å². The van der Waals surface area contributed by atoms with Gasteiger partial charge >= 0.3 is 56.5 Å². The average molecular weight is 118 g/mol. The molecule has 6 heavy (non-hydrogen) atoms. The summed E-state index contributed by atoms with van der Waals surface area (Å²) in [7, 11) is 0. The molecule has 32 valence electrons. The molecular formula is H3KN2O3. The summed E-state index contributed by atoms with van der Waals surface area (Å²) in [6, 6.07) is 0. The fourth-order valence-corrected chi connectivity index (χ4v) is 0. The molecule has 0 bridgehead atoms. The summed E-state index contributed by atoms with van der Waals surface area (Å²) < 4.78 is 0. The van der Waals surface area contributed by atoms with Gasteiger partial charge in [0.05, 0.1) is 0 Å². The van der Waals surface area contributed by atoms with E-state index in [-0.39, 0.29) is 52.8 Å². The Bertz CT molecular complexity index is 48.2. The van der Waals surface area contributed by atoms with Crippen LogP contribution in [0, 0.1) is 10.1 Å². The third kappa shape index (κ3) is 8.84. The first-order chi connectivity index (χ1) is 2.27. The van der Waals surface area contributed by atoms with Crippen LogP contribution >= 0.6 is 0 Å². The summed E-state index contributed by atoms with van der Waals surface area (Å²) in [6.45, 7) is 0. The predicted octanol–water partition coefficient (Wildman–Crippen LogP) is -3.82. The monoisotopic (exact) mass is 118 g/mol. The van der Waals surface area contributed by atoms with Crippen molar-refractivity contribution in [3.8, 4) is 0 Å². The van der Waals surface area contributed by atoms with Crippen LogP contribution in [0.5, 0.6) is 0 Å². The van der Waals surface area contributed by atoms with Crippen molar-refractivity contribution in [2.75, 3.05) is 0 Å². The van der Waals surface area contributed by atoms with E-state index >= 15 is 0 Å². The predicted molar refractivity (Wildman–Crippen MR) is 13.4 cm³/mol. The van der Waals surface area contributed by atoms with E-state index in [9.17, 15) is 0 Å². The summed E-state index contributed by atoms with van der Waals surface area (Å²) >= 11 is 0. The van der Waals surface area contributed by atoms with E-state index in [1.807, 2.05) is 0 Å². The minimum absolute atomic E-state index is 0. The molecule has 0 radical (unpaired) electrons. The maximum Gasteiger partial charge on any atom is 1.00 e. The van der Waals surface area contributed by atoms with Gasteiger partial charge in [-0.15, -0.1) is 10.1 Å². The molecule has 0 aromatic carbocycles. The van der Waals surface area contributed by atoms with Gasteiger partial charge in [0.25, 0.3) is 0 Å². The number of rotatable bonds is 1. The molecule has 0 heterocycles. The van der Waals surface area contributed by atoms with Gasteiger partial charge in [-0.2, -0.15) is 5.90 Å². The van der Waals surface area contributed by atoms with Crippen LogP contribution in [0.4, 0.5) is 0 Å². The Labute approximate surface area is 77.8 Å². The molecule has 0 fully saturated rings. The van der Waals surface area contributed by atoms with Crippen LogP contribution in [-0.4, -0.2) is 5.09 Å². The molecule has 2 N–H and O–H groups in total. The normalized spacial score (nSPS) is 5.50. The van der Waals surface area contributed by atoms with Crippen molar-refractivity contribution >= 4 is 0 Å². The molecule has 0 saturated heterocycles. The largest absolute Gasteiger partial charge is 1.00 e. The van der Waals surface area contributed by atoms with Gasteiger partial charge in [0, 0.05) is 0 Å². The molecule has 0 aromatic rings. The van der Waals surface area contributed by atoms with Crippen molar-refractivity contribution in [1.82, 2.24) is 0 Å². The van der Waals surface area contributed by atoms with Gasteiger partial charge in [0.2, 0.25) is 0 Å². The van der Waals surface area contributed by atoms with E-state index < -0.39 is 5.09 Å². The van der Waals surface area contributed by atoms with Crippen LogP contribution in [0.25, 0.3) is 0 Å². The molecule has 0 amide bonds. The average Bonchev–Trinajstić information content (AvgIpc) is 1.38. The number of hydrogen-bond donors (Lipinski definition) is 1. The topological polar surface area (TPSA) is 78.4 Å². The Morgan fingerprint density at radius 3 is 2.17 bits per heavy atom. The molecule has 0 unspecified atom stereocenters. The Hall–Kier alpha value is 0.796. The first kappa shape index (κ1) is 9.93. The van der Waals surface area contributed by atoms with Crippen molar-refractivity contribution in [3.05, 3.63) is 10.1 Å². The zero-order valence-corrected chi connectivity index (χ0v) is 6.37. The summed E-state index contributed by atoms with van der Waals surface area (Å²) in [5.74, 6) is 3.97. The summed E-state index contributed by atoms with van der Waals surface area (Å²) in [4.78, 5) is 11.8. The second kappa shape index (κ2) is 5.80. The minimum Gasteiger partial charge on any atom is -1.00 e. The van der Waals surface area contributed by atoms with Gasteiger partial charge < -0.3 is 1.43 Å². The SMILES string of the molecule is NO[N+](=O)[O-].[H-].[K+]. The molecule has 0 aliphatic carbocycles. The van der Waals surface area contributed by atoms with Crippen LogP contribution < -0.4 is 57.3 Å². The second-order valence-corrected chi connectivity index (χ2v) is 0.329. The van der Waals surface area contributed by atoms with Crippen molar-refractivity contribution < 1.29 is 62.8 Å². The van der Waals surface area contributed by atoms with Crippen molar-refractivity contribution in [1.29, 1.82) is 0 Å². The minimum atomic E-state index is -1.10. The fraction of sp³-hybridized carbons (Fsp3) is 0. The Balaban J connectivity index is -0.0000000800. The molecule has 0 aliphatic heterocycles. The molecule has 0 spiro atoms. The third-order valence-corrected chi connectivity index (χ3v) is 0.0861. The first-order valence-electron chi connectivity index (χ1n) is 0.783. The van der Waals surface area contributed by atoms with Gasteiger partial charge in [0.1, 0.15) is 0 Å². The van der Waals surface area contributed by atoms with Gasteiger partial charge in [-0.3, -0.25) is 0 Å². The van der Waals surface area contributed by atoms with Crippen molar-refractivity contribution in [3.63, 3.8) is 0 Å². The maximum atomic E-state index is 8.83. The number of nitrogens with two attached hydrogens (primary N) is 1.